The highest BCUT2D eigenvalue weighted by Gasteiger charge is 2.31. The van der Waals surface area contributed by atoms with Crippen molar-refractivity contribution in [3.05, 3.63) is 22.2 Å². The predicted molar refractivity (Wildman–Crippen MR) is 58.1 cm³/mol. The van der Waals surface area contributed by atoms with Gasteiger partial charge in [0.15, 0.2) is 9.84 Å². The van der Waals surface area contributed by atoms with Gasteiger partial charge >= 0.3 is 0 Å². The lowest BCUT2D eigenvalue weighted by atomic mass is 10.1. The molecule has 0 spiro atoms. The lowest BCUT2D eigenvalue weighted by molar-refractivity contribution is 0.601. The number of hydrogen-bond donors (Lipinski definition) is 0. The molecule has 0 aromatic carbocycles. The first kappa shape index (κ1) is 11.1. The quantitative estimate of drug-likeness (QED) is 0.726. The van der Waals surface area contributed by atoms with E-state index < -0.39 is 9.84 Å². The average molecular weight is 267 g/mol. The van der Waals surface area contributed by atoms with Crippen LogP contribution in [-0.2, 0) is 9.84 Å². The summed E-state index contributed by atoms with van der Waals surface area (Å²) in [7, 11) is -2.94. The zero-order valence-corrected chi connectivity index (χ0v) is 9.98. The van der Waals surface area contributed by atoms with Crippen molar-refractivity contribution in [1.82, 2.24) is 9.97 Å². The van der Waals surface area contributed by atoms with E-state index in [0.717, 1.165) is 0 Å². The molecule has 1 unspecified atom stereocenters. The minimum Gasteiger partial charge on any atom is -0.229 e. The molecule has 0 radical (unpaired) electrons. The van der Waals surface area contributed by atoms with Crippen molar-refractivity contribution in [2.45, 2.75) is 12.3 Å². The van der Waals surface area contributed by atoms with Crippen LogP contribution in [0, 0.1) is 0 Å². The molecule has 4 nitrogen and oxygen atoms in total. The maximum absolute atomic E-state index is 11.3. The van der Waals surface area contributed by atoms with Crippen molar-refractivity contribution in [1.29, 1.82) is 0 Å². The first-order valence-corrected chi connectivity index (χ1v) is 6.94. The second-order valence-corrected chi connectivity index (χ2v) is 6.47. The van der Waals surface area contributed by atoms with Crippen LogP contribution in [0.1, 0.15) is 18.2 Å². The summed E-state index contributed by atoms with van der Waals surface area (Å²) in [6.45, 7) is 0. The summed E-state index contributed by atoms with van der Waals surface area (Å²) >= 11 is 11.4. The van der Waals surface area contributed by atoms with Gasteiger partial charge in [-0.1, -0.05) is 23.2 Å². The van der Waals surface area contributed by atoms with Gasteiger partial charge in [0.1, 0.15) is 16.1 Å². The fourth-order valence-corrected chi connectivity index (χ4v) is 3.76. The molecule has 0 amide bonds. The monoisotopic (exact) mass is 266 g/mol. The molecular formula is C8H8Cl2N2O2S. The number of halogens is 2. The molecule has 0 aliphatic carbocycles. The lowest BCUT2D eigenvalue weighted by Gasteiger charge is -2.06. The second-order valence-electron chi connectivity index (χ2n) is 3.47. The van der Waals surface area contributed by atoms with Crippen LogP contribution in [0.15, 0.2) is 6.07 Å². The van der Waals surface area contributed by atoms with Crippen LogP contribution < -0.4 is 0 Å². The molecule has 0 bridgehead atoms. The summed E-state index contributed by atoms with van der Waals surface area (Å²) < 4.78 is 22.5. The lowest BCUT2D eigenvalue weighted by Crippen LogP contribution is -2.07. The van der Waals surface area contributed by atoms with Crippen LogP contribution in [0.4, 0.5) is 0 Å². The molecule has 2 rings (SSSR count). The Balaban J connectivity index is 2.31. The Kier molecular flexibility index (Phi) is 2.87. The Morgan fingerprint density at radius 2 is 1.87 bits per heavy atom. The SMILES string of the molecule is O=S1(=O)CCC(c2nc(Cl)cc(Cl)n2)C1. The van der Waals surface area contributed by atoms with E-state index in [0.29, 0.717) is 12.2 Å². The van der Waals surface area contributed by atoms with E-state index in [4.69, 9.17) is 23.2 Å². The van der Waals surface area contributed by atoms with Crippen molar-refractivity contribution in [2.75, 3.05) is 11.5 Å². The fourth-order valence-electron chi connectivity index (χ4n) is 1.59. The topological polar surface area (TPSA) is 59.9 Å². The summed E-state index contributed by atoms with van der Waals surface area (Å²) in [6, 6.07) is 1.43. The van der Waals surface area contributed by atoms with Crippen molar-refractivity contribution >= 4 is 33.0 Å². The molecule has 15 heavy (non-hydrogen) atoms. The minimum atomic E-state index is -2.94. The third-order valence-corrected chi connectivity index (χ3v) is 4.43. The van der Waals surface area contributed by atoms with E-state index >= 15 is 0 Å². The van der Waals surface area contributed by atoms with Crippen molar-refractivity contribution in [2.24, 2.45) is 0 Å². The molecule has 7 heteroatoms. The van der Waals surface area contributed by atoms with Gasteiger partial charge in [-0.25, -0.2) is 18.4 Å². The summed E-state index contributed by atoms with van der Waals surface area (Å²) in [4.78, 5) is 7.97. The standard InChI is InChI=1S/C8H8Cl2N2O2S/c9-6-3-7(10)12-8(11-6)5-1-2-15(13,14)4-5/h3,5H,1-2,4H2. The molecule has 82 valence electrons. The molecule has 1 aliphatic heterocycles. The number of nitrogens with zero attached hydrogens (tertiary/aromatic N) is 2. The van der Waals surface area contributed by atoms with Crippen LogP contribution in [0.3, 0.4) is 0 Å². The van der Waals surface area contributed by atoms with Gasteiger partial charge in [-0.3, -0.25) is 0 Å². The summed E-state index contributed by atoms with van der Waals surface area (Å²) in [5.74, 6) is 0.522. The fraction of sp³-hybridized carbons (Fsp3) is 0.500. The zero-order valence-electron chi connectivity index (χ0n) is 7.65. The third-order valence-electron chi connectivity index (χ3n) is 2.28. The Bertz CT molecular complexity index is 469. The van der Waals surface area contributed by atoms with Gasteiger partial charge in [0.25, 0.3) is 0 Å². The summed E-state index contributed by atoms with van der Waals surface area (Å²) in [5.41, 5.74) is 0. The Morgan fingerprint density at radius 1 is 1.27 bits per heavy atom. The van der Waals surface area contributed by atoms with Gasteiger partial charge in [-0.15, -0.1) is 0 Å². The number of hydrogen-bond acceptors (Lipinski definition) is 4. The summed E-state index contributed by atoms with van der Waals surface area (Å²) in [5, 5.41) is 0.489. The Hall–Kier alpha value is -0.390. The van der Waals surface area contributed by atoms with Gasteiger partial charge in [0.2, 0.25) is 0 Å². The highest BCUT2D eigenvalue weighted by atomic mass is 35.5. The largest absolute Gasteiger partial charge is 0.229 e. The molecule has 1 aromatic heterocycles. The molecule has 1 fully saturated rings. The minimum absolute atomic E-state index is 0.0870. The van der Waals surface area contributed by atoms with Gasteiger partial charge in [0.05, 0.1) is 11.5 Å². The van der Waals surface area contributed by atoms with Gasteiger partial charge < -0.3 is 0 Å². The normalized spacial score (nSPS) is 24.3. The first-order valence-electron chi connectivity index (χ1n) is 4.37. The molecular weight excluding hydrogens is 259 g/mol. The van der Waals surface area contributed by atoms with Crippen molar-refractivity contribution in [3.63, 3.8) is 0 Å². The van der Waals surface area contributed by atoms with Gasteiger partial charge in [-0.2, -0.15) is 0 Å². The Labute approximate surface area is 97.6 Å². The van der Waals surface area contributed by atoms with Gasteiger partial charge in [-0.05, 0) is 6.42 Å². The van der Waals surface area contributed by atoms with Crippen LogP contribution in [0.25, 0.3) is 0 Å². The molecule has 1 atom stereocenters. The Morgan fingerprint density at radius 3 is 2.33 bits per heavy atom. The highest BCUT2D eigenvalue weighted by Crippen LogP contribution is 2.28. The molecule has 1 aliphatic rings. The number of rotatable bonds is 1. The number of sulfone groups is 1. The molecule has 0 saturated carbocycles. The average Bonchev–Trinajstić information content (AvgIpc) is 2.44. The van der Waals surface area contributed by atoms with E-state index in [9.17, 15) is 8.42 Å². The maximum Gasteiger partial charge on any atom is 0.151 e. The van der Waals surface area contributed by atoms with E-state index in [1.54, 1.807) is 0 Å². The first-order chi connectivity index (χ1) is 6.96. The van der Waals surface area contributed by atoms with Crippen LogP contribution in [-0.4, -0.2) is 29.9 Å². The van der Waals surface area contributed by atoms with Crippen LogP contribution in [0.5, 0.6) is 0 Å². The van der Waals surface area contributed by atoms with E-state index in [1.807, 2.05) is 0 Å². The van der Waals surface area contributed by atoms with Crippen molar-refractivity contribution in [3.8, 4) is 0 Å². The van der Waals surface area contributed by atoms with E-state index in [2.05, 4.69) is 9.97 Å². The molecule has 0 N–H and O–H groups in total. The molecule has 1 aromatic rings. The second kappa shape index (κ2) is 3.88. The van der Waals surface area contributed by atoms with Crippen LogP contribution >= 0.6 is 23.2 Å². The maximum atomic E-state index is 11.3. The smallest absolute Gasteiger partial charge is 0.151 e. The van der Waals surface area contributed by atoms with E-state index in [-0.39, 0.29) is 27.7 Å². The summed E-state index contributed by atoms with van der Waals surface area (Å²) in [6.07, 6.45) is 0.541. The van der Waals surface area contributed by atoms with E-state index in [1.165, 1.54) is 6.07 Å². The van der Waals surface area contributed by atoms with Crippen LogP contribution in [0.2, 0.25) is 10.3 Å². The molecule has 1 saturated heterocycles. The third kappa shape index (κ3) is 2.59. The highest BCUT2D eigenvalue weighted by molar-refractivity contribution is 7.91. The zero-order chi connectivity index (χ0) is 11.1. The molecule has 2 heterocycles. The predicted octanol–water partition coefficient (Wildman–Crippen LogP) is 1.69. The van der Waals surface area contributed by atoms with Gasteiger partial charge in [0, 0.05) is 12.0 Å². The van der Waals surface area contributed by atoms with Crippen molar-refractivity contribution < 1.29 is 8.42 Å². The number of aromatic nitrogens is 2.